The molecule has 0 atom stereocenters. The van der Waals surface area contributed by atoms with E-state index in [-0.39, 0.29) is 0 Å². The van der Waals surface area contributed by atoms with E-state index in [1.165, 1.54) is 16.7 Å². The van der Waals surface area contributed by atoms with Crippen molar-refractivity contribution in [1.29, 1.82) is 0 Å². The molecule has 13 heavy (non-hydrogen) atoms. The summed E-state index contributed by atoms with van der Waals surface area (Å²) in [6.07, 6.45) is 0. The van der Waals surface area contributed by atoms with Crippen LogP contribution < -0.4 is 5.73 Å². The number of hydrogen-bond acceptors (Lipinski definition) is 1. The predicted molar refractivity (Wildman–Crippen MR) is 56.6 cm³/mol. The fourth-order valence-corrected chi connectivity index (χ4v) is 1.24. The van der Waals surface area contributed by atoms with Crippen LogP contribution >= 0.6 is 0 Å². The molecule has 68 valence electrons. The van der Waals surface area contributed by atoms with E-state index in [0.29, 0.717) is 6.54 Å². The van der Waals surface area contributed by atoms with Crippen LogP contribution in [0, 0.1) is 32.6 Å². The van der Waals surface area contributed by atoms with Crippen LogP contribution in [0.3, 0.4) is 0 Å². The van der Waals surface area contributed by atoms with Gasteiger partial charge >= 0.3 is 0 Å². The van der Waals surface area contributed by atoms with E-state index in [2.05, 4.69) is 44.7 Å². The lowest BCUT2D eigenvalue weighted by atomic mass is 10.0. The standard InChI is InChI=1S/C12H15N/c1-9-7-11(3)12(5-4-6-13)8-10(9)2/h7-8H,6,13H2,1-3H3. The van der Waals surface area contributed by atoms with Crippen molar-refractivity contribution < 1.29 is 0 Å². The maximum absolute atomic E-state index is 5.32. The van der Waals surface area contributed by atoms with E-state index in [4.69, 9.17) is 5.73 Å². The molecule has 0 saturated carbocycles. The Balaban J connectivity index is 3.16. The van der Waals surface area contributed by atoms with E-state index >= 15 is 0 Å². The van der Waals surface area contributed by atoms with Crippen LogP contribution in [0.2, 0.25) is 0 Å². The number of benzene rings is 1. The first-order valence-electron chi connectivity index (χ1n) is 4.42. The molecule has 0 aliphatic rings. The molecular formula is C12H15N. The molecule has 0 aliphatic heterocycles. The first-order valence-corrected chi connectivity index (χ1v) is 4.42. The number of rotatable bonds is 0. The summed E-state index contributed by atoms with van der Waals surface area (Å²) in [4.78, 5) is 0. The highest BCUT2D eigenvalue weighted by molar-refractivity contribution is 5.45. The summed E-state index contributed by atoms with van der Waals surface area (Å²) < 4.78 is 0. The van der Waals surface area contributed by atoms with Gasteiger partial charge in [-0.15, -0.1) is 0 Å². The van der Waals surface area contributed by atoms with Crippen LogP contribution in [0.1, 0.15) is 22.3 Å². The van der Waals surface area contributed by atoms with Crippen LogP contribution in [0.4, 0.5) is 0 Å². The monoisotopic (exact) mass is 173 g/mol. The molecule has 1 heteroatoms. The fourth-order valence-electron chi connectivity index (χ4n) is 1.24. The lowest BCUT2D eigenvalue weighted by Gasteiger charge is -2.03. The third kappa shape index (κ3) is 2.34. The topological polar surface area (TPSA) is 26.0 Å². The highest BCUT2D eigenvalue weighted by atomic mass is 14.5. The van der Waals surface area contributed by atoms with Crippen molar-refractivity contribution in [2.75, 3.05) is 6.54 Å². The second-order valence-corrected chi connectivity index (χ2v) is 3.26. The molecule has 0 fully saturated rings. The van der Waals surface area contributed by atoms with Gasteiger partial charge in [0, 0.05) is 5.56 Å². The van der Waals surface area contributed by atoms with E-state index < -0.39 is 0 Å². The zero-order valence-corrected chi connectivity index (χ0v) is 8.44. The Bertz CT molecular complexity index is 367. The van der Waals surface area contributed by atoms with Crippen molar-refractivity contribution in [2.45, 2.75) is 20.8 Å². The number of hydrogen-bond donors (Lipinski definition) is 1. The minimum absolute atomic E-state index is 0.423. The molecule has 0 amide bonds. The van der Waals surface area contributed by atoms with Gasteiger partial charge in [-0.3, -0.25) is 0 Å². The minimum Gasteiger partial charge on any atom is -0.320 e. The number of nitrogens with two attached hydrogens (primary N) is 1. The van der Waals surface area contributed by atoms with Gasteiger partial charge in [-0.2, -0.15) is 0 Å². The molecule has 0 radical (unpaired) electrons. The highest BCUT2D eigenvalue weighted by Gasteiger charge is 1.98. The molecule has 1 aromatic carbocycles. The molecule has 1 rings (SSSR count). The van der Waals surface area contributed by atoms with E-state index in [1.807, 2.05) is 0 Å². The van der Waals surface area contributed by atoms with Crippen molar-refractivity contribution in [2.24, 2.45) is 5.73 Å². The van der Waals surface area contributed by atoms with Crippen molar-refractivity contribution in [1.82, 2.24) is 0 Å². The van der Waals surface area contributed by atoms with Crippen LogP contribution in [-0.2, 0) is 0 Å². The first kappa shape index (κ1) is 9.83. The molecule has 0 bridgehead atoms. The summed E-state index contributed by atoms with van der Waals surface area (Å²) in [5, 5.41) is 0. The largest absolute Gasteiger partial charge is 0.320 e. The smallest absolute Gasteiger partial charge is 0.0555 e. The van der Waals surface area contributed by atoms with Gasteiger partial charge < -0.3 is 5.73 Å². The van der Waals surface area contributed by atoms with Gasteiger partial charge in [0.25, 0.3) is 0 Å². The molecular weight excluding hydrogens is 158 g/mol. The second kappa shape index (κ2) is 4.11. The average molecular weight is 173 g/mol. The van der Waals surface area contributed by atoms with E-state index in [0.717, 1.165) is 5.56 Å². The van der Waals surface area contributed by atoms with Crippen LogP contribution in [-0.4, -0.2) is 6.54 Å². The van der Waals surface area contributed by atoms with Gasteiger partial charge in [-0.1, -0.05) is 17.9 Å². The second-order valence-electron chi connectivity index (χ2n) is 3.26. The van der Waals surface area contributed by atoms with Crippen molar-refractivity contribution in [3.8, 4) is 11.8 Å². The Labute approximate surface area is 80.0 Å². The van der Waals surface area contributed by atoms with Crippen LogP contribution in [0.15, 0.2) is 12.1 Å². The zero-order valence-electron chi connectivity index (χ0n) is 8.44. The molecule has 1 nitrogen and oxygen atoms in total. The molecule has 1 aromatic rings. The Morgan fingerprint density at radius 3 is 2.31 bits per heavy atom. The van der Waals surface area contributed by atoms with Crippen molar-refractivity contribution >= 4 is 0 Å². The highest BCUT2D eigenvalue weighted by Crippen LogP contribution is 2.13. The lowest BCUT2D eigenvalue weighted by Crippen LogP contribution is -1.94. The summed E-state index contributed by atoms with van der Waals surface area (Å²) in [6.45, 7) is 6.71. The van der Waals surface area contributed by atoms with Gasteiger partial charge in [0.1, 0.15) is 0 Å². The van der Waals surface area contributed by atoms with Crippen molar-refractivity contribution in [3.63, 3.8) is 0 Å². The third-order valence-electron chi connectivity index (χ3n) is 2.17. The Kier molecular flexibility index (Phi) is 3.11. The lowest BCUT2D eigenvalue weighted by molar-refractivity contribution is 1.28. The summed E-state index contributed by atoms with van der Waals surface area (Å²) >= 11 is 0. The molecule has 0 saturated heterocycles. The third-order valence-corrected chi connectivity index (χ3v) is 2.17. The Hall–Kier alpha value is -1.26. The minimum atomic E-state index is 0.423. The Morgan fingerprint density at radius 1 is 1.08 bits per heavy atom. The summed E-state index contributed by atoms with van der Waals surface area (Å²) in [5.41, 5.74) is 10.2. The van der Waals surface area contributed by atoms with Gasteiger partial charge in [0.05, 0.1) is 6.54 Å². The average Bonchev–Trinajstić information content (AvgIpc) is 2.09. The zero-order chi connectivity index (χ0) is 9.84. The molecule has 0 spiro atoms. The summed E-state index contributed by atoms with van der Waals surface area (Å²) in [5.74, 6) is 5.94. The summed E-state index contributed by atoms with van der Waals surface area (Å²) in [6, 6.07) is 4.28. The molecule has 0 aromatic heterocycles. The van der Waals surface area contributed by atoms with Gasteiger partial charge in [-0.25, -0.2) is 0 Å². The van der Waals surface area contributed by atoms with Crippen molar-refractivity contribution in [3.05, 3.63) is 34.4 Å². The Morgan fingerprint density at radius 2 is 1.69 bits per heavy atom. The number of aryl methyl sites for hydroxylation is 3. The molecule has 0 heterocycles. The fraction of sp³-hybridized carbons (Fsp3) is 0.333. The van der Waals surface area contributed by atoms with Crippen LogP contribution in [0.25, 0.3) is 0 Å². The molecule has 0 aliphatic carbocycles. The maximum Gasteiger partial charge on any atom is 0.0555 e. The van der Waals surface area contributed by atoms with E-state index in [1.54, 1.807) is 0 Å². The van der Waals surface area contributed by atoms with E-state index in [9.17, 15) is 0 Å². The van der Waals surface area contributed by atoms with Crippen LogP contribution in [0.5, 0.6) is 0 Å². The quantitative estimate of drug-likeness (QED) is 0.596. The van der Waals surface area contributed by atoms with Gasteiger partial charge in [0.15, 0.2) is 0 Å². The first-order chi connectivity index (χ1) is 6.15. The summed E-state index contributed by atoms with van der Waals surface area (Å²) in [7, 11) is 0. The SMILES string of the molecule is Cc1cc(C)c(C#CCN)cc1C. The van der Waals surface area contributed by atoms with Gasteiger partial charge in [-0.05, 0) is 43.5 Å². The predicted octanol–water partition coefficient (Wildman–Crippen LogP) is 1.92. The normalized spacial score (nSPS) is 9.23. The molecule has 0 unspecified atom stereocenters. The maximum atomic E-state index is 5.32. The molecule has 2 N–H and O–H groups in total. The van der Waals surface area contributed by atoms with Gasteiger partial charge in [0.2, 0.25) is 0 Å².